The number of likely N-dealkylation sites (tertiary alicyclic amines) is 1. The van der Waals surface area contributed by atoms with Gasteiger partial charge in [-0.15, -0.1) is 0 Å². The first-order chi connectivity index (χ1) is 10.0. The van der Waals surface area contributed by atoms with Gasteiger partial charge in [0.15, 0.2) is 0 Å². The van der Waals surface area contributed by atoms with Crippen LogP contribution in [-0.4, -0.2) is 56.2 Å². The number of rotatable bonds is 3. The molecule has 2 amide bonds. The number of anilines is 1. The van der Waals surface area contributed by atoms with Crippen LogP contribution in [0.25, 0.3) is 0 Å². The molecule has 0 unspecified atom stereocenters. The summed E-state index contributed by atoms with van der Waals surface area (Å²) in [6.07, 6.45) is 1.72. The molecule has 0 saturated carbocycles. The minimum atomic E-state index is -0.316. The van der Waals surface area contributed by atoms with Crippen molar-refractivity contribution in [3.05, 3.63) is 24.0 Å². The Labute approximate surface area is 124 Å². The first kappa shape index (κ1) is 15.4. The molecular formula is C15H22FN3O2. The third-order valence-electron chi connectivity index (χ3n) is 3.67. The first-order valence-corrected chi connectivity index (χ1v) is 7.07. The van der Waals surface area contributed by atoms with Crippen molar-refractivity contribution in [2.75, 3.05) is 39.6 Å². The summed E-state index contributed by atoms with van der Waals surface area (Å²) in [5.41, 5.74) is 0.788. The second-order valence-corrected chi connectivity index (χ2v) is 5.43. The van der Waals surface area contributed by atoms with E-state index in [1.54, 1.807) is 25.1 Å². The minimum absolute atomic E-state index is 0.0489. The zero-order valence-corrected chi connectivity index (χ0v) is 12.7. The topological polar surface area (TPSA) is 44.8 Å². The van der Waals surface area contributed by atoms with Gasteiger partial charge in [-0.05, 0) is 25.0 Å². The molecule has 0 radical (unpaired) electrons. The van der Waals surface area contributed by atoms with E-state index in [1.165, 1.54) is 19.2 Å². The minimum Gasteiger partial charge on any atom is -0.494 e. The molecule has 1 saturated heterocycles. The molecule has 1 aromatic rings. The SMILES string of the molecule is COc1cc(F)ccc1NC1CCN(C(=O)N(C)C)CC1. The number of benzene rings is 1. The Morgan fingerprint density at radius 3 is 2.62 bits per heavy atom. The van der Waals surface area contributed by atoms with E-state index in [9.17, 15) is 9.18 Å². The van der Waals surface area contributed by atoms with E-state index in [0.717, 1.165) is 31.6 Å². The summed E-state index contributed by atoms with van der Waals surface area (Å²) in [5, 5.41) is 3.37. The van der Waals surface area contributed by atoms with Gasteiger partial charge in [0.05, 0.1) is 12.8 Å². The Morgan fingerprint density at radius 1 is 1.38 bits per heavy atom. The average molecular weight is 295 g/mol. The molecule has 6 heteroatoms. The summed E-state index contributed by atoms with van der Waals surface area (Å²) >= 11 is 0. The Hall–Kier alpha value is -1.98. The van der Waals surface area contributed by atoms with E-state index in [-0.39, 0.29) is 17.9 Å². The Morgan fingerprint density at radius 2 is 2.05 bits per heavy atom. The highest BCUT2D eigenvalue weighted by Gasteiger charge is 2.24. The van der Waals surface area contributed by atoms with Crippen molar-refractivity contribution >= 4 is 11.7 Å². The number of methoxy groups -OCH3 is 1. The zero-order valence-electron chi connectivity index (χ0n) is 12.7. The summed E-state index contributed by atoms with van der Waals surface area (Å²) < 4.78 is 18.4. The van der Waals surface area contributed by atoms with Gasteiger partial charge in [0.1, 0.15) is 11.6 Å². The molecule has 1 aliphatic rings. The summed E-state index contributed by atoms with van der Waals surface area (Å²) in [5.74, 6) is 0.186. The number of carbonyl (C=O) groups is 1. The number of nitrogens with one attached hydrogen (secondary N) is 1. The molecule has 1 aromatic carbocycles. The molecule has 0 bridgehead atoms. The van der Waals surface area contributed by atoms with Crippen LogP contribution in [0.4, 0.5) is 14.9 Å². The molecule has 0 aromatic heterocycles. The van der Waals surface area contributed by atoms with Crippen molar-refractivity contribution in [3.63, 3.8) is 0 Å². The lowest BCUT2D eigenvalue weighted by atomic mass is 10.0. The van der Waals surface area contributed by atoms with Crippen LogP contribution >= 0.6 is 0 Å². The van der Waals surface area contributed by atoms with Crippen molar-refractivity contribution in [3.8, 4) is 5.75 Å². The van der Waals surface area contributed by atoms with Gasteiger partial charge in [0.25, 0.3) is 0 Å². The standard InChI is InChI=1S/C15H22FN3O2/c1-18(2)15(20)19-8-6-12(7-9-19)17-13-5-4-11(16)10-14(13)21-3/h4-5,10,12,17H,6-9H2,1-3H3. The highest BCUT2D eigenvalue weighted by molar-refractivity contribution is 5.74. The van der Waals surface area contributed by atoms with Crippen molar-refractivity contribution < 1.29 is 13.9 Å². The third kappa shape index (κ3) is 3.77. The lowest BCUT2D eigenvalue weighted by molar-refractivity contribution is 0.158. The lowest BCUT2D eigenvalue weighted by Crippen LogP contribution is -2.46. The highest BCUT2D eigenvalue weighted by Crippen LogP contribution is 2.27. The summed E-state index contributed by atoms with van der Waals surface area (Å²) in [4.78, 5) is 15.3. The fourth-order valence-electron chi connectivity index (χ4n) is 2.50. The van der Waals surface area contributed by atoms with E-state index in [4.69, 9.17) is 4.74 Å². The van der Waals surface area contributed by atoms with Crippen molar-refractivity contribution in [1.82, 2.24) is 9.80 Å². The third-order valence-corrected chi connectivity index (χ3v) is 3.67. The maximum absolute atomic E-state index is 13.2. The van der Waals surface area contributed by atoms with Crippen LogP contribution in [0.5, 0.6) is 5.75 Å². The molecule has 5 nitrogen and oxygen atoms in total. The number of ether oxygens (including phenoxy) is 1. The normalized spacial score (nSPS) is 15.7. The van der Waals surface area contributed by atoms with Crippen molar-refractivity contribution in [2.45, 2.75) is 18.9 Å². The first-order valence-electron chi connectivity index (χ1n) is 7.07. The number of nitrogens with zero attached hydrogens (tertiary/aromatic N) is 2. The fraction of sp³-hybridized carbons (Fsp3) is 0.533. The van der Waals surface area contributed by atoms with Crippen LogP contribution in [-0.2, 0) is 0 Å². The molecular weight excluding hydrogens is 273 g/mol. The molecule has 116 valence electrons. The number of carbonyl (C=O) groups excluding carboxylic acids is 1. The van der Waals surface area contributed by atoms with Crippen molar-refractivity contribution in [1.29, 1.82) is 0 Å². The number of piperidine rings is 1. The van der Waals surface area contributed by atoms with E-state index in [0.29, 0.717) is 5.75 Å². The molecule has 1 aliphatic heterocycles. The van der Waals surface area contributed by atoms with Gasteiger partial charge in [0, 0.05) is 39.3 Å². The van der Waals surface area contributed by atoms with Crippen LogP contribution in [0.2, 0.25) is 0 Å². The Kier molecular flexibility index (Phi) is 4.88. The van der Waals surface area contributed by atoms with E-state index in [2.05, 4.69) is 5.32 Å². The Bertz CT molecular complexity index is 500. The number of hydrogen-bond donors (Lipinski definition) is 1. The summed E-state index contributed by atoms with van der Waals surface area (Å²) in [6.45, 7) is 1.44. The predicted octanol–water partition coefficient (Wildman–Crippen LogP) is 2.39. The molecule has 0 atom stereocenters. The number of amides is 2. The van der Waals surface area contributed by atoms with Gasteiger partial charge in [-0.3, -0.25) is 0 Å². The number of hydrogen-bond acceptors (Lipinski definition) is 3. The maximum atomic E-state index is 13.2. The highest BCUT2D eigenvalue weighted by atomic mass is 19.1. The van der Waals surface area contributed by atoms with Gasteiger partial charge in [-0.2, -0.15) is 0 Å². The molecule has 1 heterocycles. The zero-order chi connectivity index (χ0) is 15.4. The predicted molar refractivity (Wildman–Crippen MR) is 80.3 cm³/mol. The Balaban J connectivity index is 1.93. The van der Waals surface area contributed by atoms with Gasteiger partial charge in [0.2, 0.25) is 0 Å². The van der Waals surface area contributed by atoms with Crippen LogP contribution in [0.15, 0.2) is 18.2 Å². The molecule has 0 aliphatic carbocycles. The van der Waals surface area contributed by atoms with Crippen molar-refractivity contribution in [2.24, 2.45) is 0 Å². The van der Waals surface area contributed by atoms with Crippen LogP contribution in [0, 0.1) is 5.82 Å². The molecule has 0 spiro atoms. The second kappa shape index (κ2) is 6.65. The molecule has 1 fully saturated rings. The van der Waals surface area contributed by atoms with E-state index in [1.807, 2.05) is 4.90 Å². The molecule has 2 rings (SSSR count). The summed E-state index contributed by atoms with van der Waals surface area (Å²) in [7, 11) is 5.05. The van der Waals surface area contributed by atoms with Gasteiger partial charge in [-0.25, -0.2) is 9.18 Å². The van der Waals surface area contributed by atoms with Gasteiger partial charge >= 0.3 is 6.03 Å². The van der Waals surface area contributed by atoms with Gasteiger partial charge < -0.3 is 19.9 Å². The maximum Gasteiger partial charge on any atom is 0.319 e. The lowest BCUT2D eigenvalue weighted by Gasteiger charge is -2.34. The quantitative estimate of drug-likeness (QED) is 0.931. The molecule has 1 N–H and O–H groups in total. The number of urea groups is 1. The van der Waals surface area contributed by atoms with Gasteiger partial charge in [-0.1, -0.05) is 0 Å². The van der Waals surface area contributed by atoms with E-state index < -0.39 is 0 Å². The largest absolute Gasteiger partial charge is 0.494 e. The molecule has 21 heavy (non-hydrogen) atoms. The second-order valence-electron chi connectivity index (χ2n) is 5.43. The van der Waals surface area contributed by atoms with E-state index >= 15 is 0 Å². The van der Waals surface area contributed by atoms with Crippen LogP contribution in [0.1, 0.15) is 12.8 Å². The number of halogens is 1. The van der Waals surface area contributed by atoms with Crippen LogP contribution < -0.4 is 10.1 Å². The average Bonchev–Trinajstić information content (AvgIpc) is 2.49. The fourth-order valence-corrected chi connectivity index (χ4v) is 2.50. The van der Waals surface area contributed by atoms with Crippen LogP contribution in [0.3, 0.4) is 0 Å². The monoisotopic (exact) mass is 295 g/mol. The summed E-state index contributed by atoms with van der Waals surface area (Å²) in [6, 6.07) is 4.78. The smallest absolute Gasteiger partial charge is 0.319 e.